The second kappa shape index (κ2) is 6.46. The summed E-state index contributed by atoms with van der Waals surface area (Å²) in [7, 11) is 2.01. The van der Waals surface area contributed by atoms with Crippen LogP contribution in [0.5, 0.6) is 0 Å². The van der Waals surface area contributed by atoms with Crippen LogP contribution in [0.25, 0.3) is 5.57 Å². The van der Waals surface area contributed by atoms with Gasteiger partial charge >= 0.3 is 0 Å². The molecule has 3 heteroatoms. The highest BCUT2D eigenvalue weighted by Gasteiger charge is 2.39. The molecule has 0 fully saturated rings. The van der Waals surface area contributed by atoms with E-state index in [1.807, 2.05) is 90.9 Å². The fourth-order valence-electron chi connectivity index (χ4n) is 3.48. The van der Waals surface area contributed by atoms with Gasteiger partial charge in [0.05, 0.1) is 11.7 Å². The largest absolute Gasteiger partial charge is 0.493 e. The van der Waals surface area contributed by atoms with Crippen LogP contribution in [0.1, 0.15) is 17.2 Å². The van der Waals surface area contributed by atoms with Crippen molar-refractivity contribution in [3.05, 3.63) is 108 Å². The lowest BCUT2D eigenvalue weighted by Crippen LogP contribution is -2.35. The Morgan fingerprint density at radius 3 is 1.84 bits per heavy atom. The maximum Gasteiger partial charge on any atom is 0.212 e. The first-order chi connectivity index (χ1) is 12.3. The van der Waals surface area contributed by atoms with Crippen molar-refractivity contribution < 1.29 is 5.11 Å². The Kier molecular flexibility index (Phi) is 4.00. The summed E-state index contributed by atoms with van der Waals surface area (Å²) in [5.74, 6) is 0.272. The van der Waals surface area contributed by atoms with Crippen molar-refractivity contribution in [2.24, 2.45) is 0 Å². The van der Waals surface area contributed by atoms with Crippen molar-refractivity contribution in [1.82, 2.24) is 5.01 Å². The molecular weight excluding hydrogens is 308 g/mol. The zero-order chi connectivity index (χ0) is 17.2. The maximum absolute atomic E-state index is 11.1. The number of aliphatic hydroxyl groups is 1. The average molecular weight is 328 g/mol. The van der Waals surface area contributed by atoms with E-state index in [0.29, 0.717) is 0 Å². The SMILES string of the molecule is CN1C(c2ccccc2)C(c2ccccc2)=C(O)N1c1ccccc1. The molecule has 1 heterocycles. The minimum atomic E-state index is -0.0520. The second-order valence-corrected chi connectivity index (χ2v) is 6.14. The standard InChI is InChI=1S/C22H20N2O/c1-23-21(18-13-7-3-8-14-18)20(17-11-5-2-6-12-17)22(25)24(23)19-15-9-4-10-16-19/h2-16,21,25H,1H3. The van der Waals surface area contributed by atoms with Crippen LogP contribution in [0.4, 0.5) is 5.69 Å². The summed E-state index contributed by atoms with van der Waals surface area (Å²) in [6.45, 7) is 0. The van der Waals surface area contributed by atoms with Crippen molar-refractivity contribution in [2.45, 2.75) is 6.04 Å². The molecule has 0 aromatic heterocycles. The fourth-order valence-corrected chi connectivity index (χ4v) is 3.48. The molecule has 0 radical (unpaired) electrons. The Morgan fingerprint density at radius 2 is 1.24 bits per heavy atom. The number of hydrogen-bond donors (Lipinski definition) is 1. The van der Waals surface area contributed by atoms with Gasteiger partial charge in [0.25, 0.3) is 0 Å². The molecule has 0 saturated carbocycles. The smallest absolute Gasteiger partial charge is 0.212 e. The first kappa shape index (κ1) is 15.5. The molecule has 124 valence electrons. The molecular formula is C22H20N2O. The van der Waals surface area contributed by atoms with E-state index in [1.165, 1.54) is 0 Å². The van der Waals surface area contributed by atoms with Gasteiger partial charge in [-0.05, 0) is 23.3 Å². The predicted octanol–water partition coefficient (Wildman–Crippen LogP) is 5.02. The van der Waals surface area contributed by atoms with Crippen molar-refractivity contribution in [1.29, 1.82) is 0 Å². The lowest BCUT2D eigenvalue weighted by Gasteiger charge is -2.31. The van der Waals surface area contributed by atoms with Gasteiger partial charge in [-0.25, -0.2) is 10.0 Å². The van der Waals surface area contributed by atoms with Gasteiger partial charge in [-0.1, -0.05) is 78.9 Å². The van der Waals surface area contributed by atoms with E-state index in [9.17, 15) is 5.11 Å². The van der Waals surface area contributed by atoms with Crippen LogP contribution in [0.3, 0.4) is 0 Å². The molecule has 1 aliphatic heterocycles. The Hall–Kier alpha value is -3.04. The monoisotopic (exact) mass is 328 g/mol. The zero-order valence-corrected chi connectivity index (χ0v) is 14.1. The van der Waals surface area contributed by atoms with Crippen LogP contribution >= 0.6 is 0 Å². The van der Waals surface area contributed by atoms with E-state index in [0.717, 1.165) is 22.4 Å². The molecule has 3 aromatic rings. The van der Waals surface area contributed by atoms with Crippen molar-refractivity contribution >= 4 is 11.3 Å². The van der Waals surface area contributed by atoms with Crippen molar-refractivity contribution in [3.63, 3.8) is 0 Å². The maximum atomic E-state index is 11.1. The summed E-state index contributed by atoms with van der Waals surface area (Å²) >= 11 is 0. The normalized spacial score (nSPS) is 18.0. The predicted molar refractivity (Wildman–Crippen MR) is 102 cm³/mol. The summed E-state index contributed by atoms with van der Waals surface area (Å²) in [5.41, 5.74) is 4.03. The molecule has 3 nitrogen and oxygen atoms in total. The molecule has 0 spiro atoms. The van der Waals surface area contributed by atoms with Crippen LogP contribution in [0, 0.1) is 0 Å². The molecule has 1 N–H and O–H groups in total. The highest BCUT2D eigenvalue weighted by atomic mass is 16.3. The molecule has 0 amide bonds. The molecule has 1 atom stereocenters. The van der Waals surface area contributed by atoms with Crippen LogP contribution < -0.4 is 5.01 Å². The summed E-state index contributed by atoms with van der Waals surface area (Å²) in [4.78, 5) is 0. The van der Waals surface area contributed by atoms with Gasteiger partial charge < -0.3 is 5.11 Å². The molecule has 1 unspecified atom stereocenters. The Morgan fingerprint density at radius 1 is 0.720 bits per heavy atom. The first-order valence-corrected chi connectivity index (χ1v) is 8.39. The van der Waals surface area contributed by atoms with Gasteiger partial charge in [0.1, 0.15) is 0 Å². The van der Waals surface area contributed by atoms with E-state index in [1.54, 1.807) is 0 Å². The molecule has 0 saturated heterocycles. The lowest BCUT2D eigenvalue weighted by atomic mass is 9.94. The van der Waals surface area contributed by atoms with Gasteiger partial charge in [-0.15, -0.1) is 0 Å². The van der Waals surface area contributed by atoms with Gasteiger partial charge in [0, 0.05) is 12.6 Å². The number of nitrogens with zero attached hydrogens (tertiary/aromatic N) is 2. The van der Waals surface area contributed by atoms with Gasteiger partial charge in [-0.3, -0.25) is 0 Å². The average Bonchev–Trinajstić information content (AvgIpc) is 2.94. The van der Waals surface area contributed by atoms with E-state index in [4.69, 9.17) is 0 Å². The van der Waals surface area contributed by atoms with Crippen molar-refractivity contribution in [2.75, 3.05) is 12.1 Å². The summed E-state index contributed by atoms with van der Waals surface area (Å²) in [6.07, 6.45) is 0. The summed E-state index contributed by atoms with van der Waals surface area (Å²) in [6, 6.07) is 30.3. The summed E-state index contributed by atoms with van der Waals surface area (Å²) < 4.78 is 0. The van der Waals surface area contributed by atoms with Crippen LogP contribution in [0.2, 0.25) is 0 Å². The minimum absolute atomic E-state index is 0.0520. The van der Waals surface area contributed by atoms with E-state index >= 15 is 0 Å². The molecule has 4 rings (SSSR count). The van der Waals surface area contributed by atoms with E-state index < -0.39 is 0 Å². The van der Waals surface area contributed by atoms with Crippen LogP contribution in [-0.2, 0) is 0 Å². The highest BCUT2D eigenvalue weighted by molar-refractivity contribution is 5.78. The number of aliphatic hydroxyl groups excluding tert-OH is 1. The lowest BCUT2D eigenvalue weighted by molar-refractivity contribution is 0.269. The van der Waals surface area contributed by atoms with Gasteiger partial charge in [0.15, 0.2) is 0 Å². The minimum Gasteiger partial charge on any atom is -0.493 e. The second-order valence-electron chi connectivity index (χ2n) is 6.14. The summed E-state index contributed by atoms with van der Waals surface area (Å²) in [5, 5.41) is 15.1. The third kappa shape index (κ3) is 2.69. The van der Waals surface area contributed by atoms with Crippen LogP contribution in [-0.4, -0.2) is 17.2 Å². The third-order valence-electron chi connectivity index (χ3n) is 4.60. The quantitative estimate of drug-likeness (QED) is 0.731. The molecule has 0 aliphatic carbocycles. The Labute approximate surface area is 148 Å². The molecule has 0 bridgehead atoms. The number of anilines is 1. The number of likely N-dealkylation sites (N-methyl/N-ethyl adjacent to an activating group) is 1. The van der Waals surface area contributed by atoms with Crippen LogP contribution in [0.15, 0.2) is 96.9 Å². The topological polar surface area (TPSA) is 26.7 Å². The van der Waals surface area contributed by atoms with E-state index in [-0.39, 0.29) is 11.9 Å². The number of benzene rings is 3. The molecule has 25 heavy (non-hydrogen) atoms. The van der Waals surface area contributed by atoms with Gasteiger partial charge in [-0.2, -0.15) is 0 Å². The number of para-hydroxylation sites is 1. The zero-order valence-electron chi connectivity index (χ0n) is 14.1. The van der Waals surface area contributed by atoms with Gasteiger partial charge in [0.2, 0.25) is 5.88 Å². The number of hydrogen-bond acceptors (Lipinski definition) is 3. The fraction of sp³-hybridized carbons (Fsp3) is 0.0909. The highest BCUT2D eigenvalue weighted by Crippen LogP contribution is 2.45. The van der Waals surface area contributed by atoms with E-state index in [2.05, 4.69) is 17.1 Å². The first-order valence-electron chi connectivity index (χ1n) is 8.39. The number of rotatable bonds is 3. The van der Waals surface area contributed by atoms with Crippen molar-refractivity contribution in [3.8, 4) is 0 Å². The number of hydrazine groups is 1. The third-order valence-corrected chi connectivity index (χ3v) is 4.60. The molecule has 1 aliphatic rings. The molecule has 3 aromatic carbocycles. The Balaban J connectivity index is 1.89. The Bertz CT molecular complexity index is 876.